The van der Waals surface area contributed by atoms with E-state index in [1.165, 1.54) is 32.0 Å². The van der Waals surface area contributed by atoms with Crippen LogP contribution >= 0.6 is 0 Å². The third-order valence-electron chi connectivity index (χ3n) is 5.32. The molecule has 3 aromatic rings. The van der Waals surface area contributed by atoms with Crippen molar-refractivity contribution >= 4 is 23.0 Å². The maximum absolute atomic E-state index is 13.6. The number of nitrogens with zero attached hydrogens (tertiary/aromatic N) is 1. The maximum atomic E-state index is 13.6. The molecule has 0 bridgehead atoms. The van der Waals surface area contributed by atoms with Crippen LogP contribution in [0, 0.1) is 0 Å². The number of ether oxygens (including phenoxy) is 2. The van der Waals surface area contributed by atoms with Gasteiger partial charge in [0.05, 0.1) is 6.17 Å². The van der Waals surface area contributed by atoms with Gasteiger partial charge in [0.25, 0.3) is 5.56 Å². The molecule has 0 saturated carbocycles. The number of fused-ring (bicyclic) bond motifs is 1. The fourth-order valence-electron chi connectivity index (χ4n) is 3.65. The summed E-state index contributed by atoms with van der Waals surface area (Å²) in [5.41, 5.74) is -2.74. The molecule has 1 aromatic carbocycles. The van der Waals surface area contributed by atoms with Crippen LogP contribution in [0.3, 0.4) is 0 Å². The molecule has 0 aliphatic carbocycles. The minimum absolute atomic E-state index is 0.0389. The Kier molecular flexibility index (Phi) is 8.00. The van der Waals surface area contributed by atoms with E-state index in [0.717, 1.165) is 10.6 Å². The number of H-pyrrole nitrogens is 1. The molecular weight excluding hydrogens is 463 g/mol. The van der Waals surface area contributed by atoms with Crippen molar-refractivity contribution < 1.29 is 27.9 Å². The molecule has 2 aromatic heterocycles. The summed E-state index contributed by atoms with van der Waals surface area (Å²) in [5.74, 6) is -1.61. The van der Waals surface area contributed by atoms with Crippen molar-refractivity contribution in [3.05, 3.63) is 72.7 Å². The van der Waals surface area contributed by atoms with Crippen LogP contribution in [0.5, 0.6) is 5.75 Å². The lowest BCUT2D eigenvalue weighted by Gasteiger charge is -2.18. The number of hydrogen-bond donors (Lipinski definition) is 1. The number of aromatic amines is 1. The number of aromatic nitrogens is 2. The zero-order valence-corrected chi connectivity index (χ0v) is 19.5. The number of carbonyl (C=O) groups excluding carboxylic acids is 2. The fraction of sp³-hybridized carbons (Fsp3) is 0.375. The van der Waals surface area contributed by atoms with Crippen LogP contribution in [0.25, 0.3) is 11.1 Å². The number of aryl methyl sites for hydroxylation is 1. The Morgan fingerprint density at radius 3 is 2.60 bits per heavy atom. The quantitative estimate of drug-likeness (QED) is 0.358. The van der Waals surface area contributed by atoms with Gasteiger partial charge in [0, 0.05) is 13.0 Å². The lowest BCUT2D eigenvalue weighted by atomic mass is 10.0. The Bertz CT molecular complexity index is 1420. The van der Waals surface area contributed by atoms with Gasteiger partial charge in [-0.15, -0.1) is 0 Å². The van der Waals surface area contributed by atoms with Gasteiger partial charge in [-0.3, -0.25) is 14.6 Å². The van der Waals surface area contributed by atoms with E-state index in [-0.39, 0.29) is 40.8 Å². The summed E-state index contributed by atoms with van der Waals surface area (Å²) >= 11 is 0. The SMILES string of the molecule is CCC(F)CCCc1cc(=O)oc2c1c(=O)[nH]c(=O)n2C(C)OC(=O)c1ccccc1OC(C)=O. The Morgan fingerprint density at radius 1 is 1.20 bits per heavy atom. The number of alkyl halides is 1. The summed E-state index contributed by atoms with van der Waals surface area (Å²) in [7, 11) is 0. The molecule has 0 aliphatic rings. The van der Waals surface area contributed by atoms with E-state index in [9.17, 15) is 28.4 Å². The number of para-hydroxylation sites is 1. The summed E-state index contributed by atoms with van der Waals surface area (Å²) in [5, 5.41) is -0.0701. The number of carbonyl (C=O) groups is 2. The van der Waals surface area contributed by atoms with Crippen molar-refractivity contribution in [3.63, 3.8) is 0 Å². The van der Waals surface area contributed by atoms with E-state index < -0.39 is 41.2 Å². The molecule has 10 nitrogen and oxygen atoms in total. The molecule has 0 saturated heterocycles. The van der Waals surface area contributed by atoms with E-state index in [1.807, 2.05) is 0 Å². The zero-order chi connectivity index (χ0) is 25.7. The van der Waals surface area contributed by atoms with Crippen LogP contribution in [0.4, 0.5) is 4.39 Å². The van der Waals surface area contributed by atoms with Crippen molar-refractivity contribution in [1.82, 2.24) is 9.55 Å². The van der Waals surface area contributed by atoms with Crippen LogP contribution in [0.2, 0.25) is 0 Å². The zero-order valence-electron chi connectivity index (χ0n) is 19.5. The highest BCUT2D eigenvalue weighted by Crippen LogP contribution is 2.23. The Balaban J connectivity index is 2.00. The molecule has 2 atom stereocenters. The highest BCUT2D eigenvalue weighted by molar-refractivity contribution is 5.93. The molecule has 35 heavy (non-hydrogen) atoms. The second-order valence-electron chi connectivity index (χ2n) is 7.89. The van der Waals surface area contributed by atoms with Crippen molar-refractivity contribution in [2.24, 2.45) is 0 Å². The van der Waals surface area contributed by atoms with Gasteiger partial charge in [0.15, 0.2) is 6.23 Å². The van der Waals surface area contributed by atoms with Crippen LogP contribution < -0.4 is 21.6 Å². The average Bonchev–Trinajstić information content (AvgIpc) is 2.78. The smallest absolute Gasteiger partial charge is 0.343 e. The lowest BCUT2D eigenvalue weighted by Crippen LogP contribution is -2.35. The van der Waals surface area contributed by atoms with E-state index >= 15 is 0 Å². The number of esters is 2. The van der Waals surface area contributed by atoms with Gasteiger partial charge >= 0.3 is 23.3 Å². The van der Waals surface area contributed by atoms with E-state index in [2.05, 4.69) is 4.98 Å². The Morgan fingerprint density at radius 2 is 1.91 bits per heavy atom. The van der Waals surface area contributed by atoms with Crippen molar-refractivity contribution in [2.45, 2.75) is 58.9 Å². The molecule has 1 N–H and O–H groups in total. The highest BCUT2D eigenvalue weighted by atomic mass is 19.1. The molecule has 0 radical (unpaired) electrons. The molecule has 0 spiro atoms. The summed E-state index contributed by atoms with van der Waals surface area (Å²) < 4.78 is 30.0. The van der Waals surface area contributed by atoms with E-state index in [4.69, 9.17) is 13.9 Å². The Labute approximate surface area is 198 Å². The highest BCUT2D eigenvalue weighted by Gasteiger charge is 2.23. The summed E-state index contributed by atoms with van der Waals surface area (Å²) in [6.45, 7) is 4.23. The van der Waals surface area contributed by atoms with Gasteiger partial charge in [-0.05, 0) is 50.3 Å². The third-order valence-corrected chi connectivity index (χ3v) is 5.32. The summed E-state index contributed by atoms with van der Waals surface area (Å²) in [6.07, 6.45) is -1.18. The van der Waals surface area contributed by atoms with E-state index in [0.29, 0.717) is 12.8 Å². The van der Waals surface area contributed by atoms with Gasteiger partial charge in [-0.25, -0.2) is 23.3 Å². The second kappa shape index (κ2) is 10.9. The average molecular weight is 488 g/mol. The minimum atomic E-state index is -1.33. The van der Waals surface area contributed by atoms with Crippen molar-refractivity contribution in [3.8, 4) is 5.75 Å². The molecule has 3 rings (SSSR count). The first-order chi connectivity index (χ1) is 16.6. The number of nitrogens with one attached hydrogen (secondary N) is 1. The first-order valence-corrected chi connectivity index (χ1v) is 11.1. The molecule has 0 amide bonds. The van der Waals surface area contributed by atoms with Gasteiger partial charge in [0.1, 0.15) is 16.7 Å². The molecule has 0 fully saturated rings. The van der Waals surface area contributed by atoms with Gasteiger partial charge < -0.3 is 13.9 Å². The normalized spacial score (nSPS) is 12.8. The minimum Gasteiger partial charge on any atom is -0.438 e. The van der Waals surface area contributed by atoms with Gasteiger partial charge in [0.2, 0.25) is 5.71 Å². The van der Waals surface area contributed by atoms with Crippen molar-refractivity contribution in [2.75, 3.05) is 0 Å². The molecule has 0 aliphatic heterocycles. The second-order valence-corrected chi connectivity index (χ2v) is 7.89. The monoisotopic (exact) mass is 488 g/mol. The standard InChI is InChI=1S/C24H25FN2O8/c1-4-16(25)9-7-8-15-12-19(29)35-22-20(15)21(30)26-24(32)27(22)13(2)33-23(31)17-10-5-6-11-18(17)34-14(3)28/h5-6,10-13,16H,4,7-9H2,1-3H3,(H,26,30,32). The third kappa shape index (κ3) is 5.92. The van der Waals surface area contributed by atoms with Crippen LogP contribution in [0.1, 0.15) is 62.2 Å². The topological polar surface area (TPSA) is 138 Å². The first-order valence-electron chi connectivity index (χ1n) is 11.1. The fourth-order valence-corrected chi connectivity index (χ4v) is 3.65. The summed E-state index contributed by atoms with van der Waals surface area (Å²) in [6, 6.07) is 6.98. The number of benzene rings is 1. The number of halogens is 1. The molecule has 186 valence electrons. The first kappa shape index (κ1) is 25.6. The van der Waals surface area contributed by atoms with Crippen molar-refractivity contribution in [1.29, 1.82) is 0 Å². The predicted octanol–water partition coefficient (Wildman–Crippen LogP) is 3.01. The predicted molar refractivity (Wildman–Crippen MR) is 123 cm³/mol. The number of rotatable bonds is 9. The molecule has 11 heteroatoms. The van der Waals surface area contributed by atoms with Crippen LogP contribution in [0.15, 0.2) is 49.1 Å². The van der Waals surface area contributed by atoms with Crippen LogP contribution in [-0.2, 0) is 16.0 Å². The summed E-state index contributed by atoms with van der Waals surface area (Å²) in [4.78, 5) is 63.7. The Hall–Kier alpha value is -4.02. The molecule has 2 unspecified atom stereocenters. The number of hydrogen-bond acceptors (Lipinski definition) is 8. The van der Waals surface area contributed by atoms with Gasteiger partial charge in [-0.1, -0.05) is 19.1 Å². The van der Waals surface area contributed by atoms with Gasteiger partial charge in [-0.2, -0.15) is 0 Å². The largest absolute Gasteiger partial charge is 0.438 e. The van der Waals surface area contributed by atoms with E-state index in [1.54, 1.807) is 13.0 Å². The molecule has 2 heterocycles. The van der Waals surface area contributed by atoms with Crippen LogP contribution in [-0.4, -0.2) is 27.7 Å². The molecular formula is C24H25FN2O8. The lowest BCUT2D eigenvalue weighted by molar-refractivity contribution is -0.131. The maximum Gasteiger partial charge on any atom is 0.343 e.